The molecular weight excluding hydrogens is 204 g/mol. The van der Waals surface area contributed by atoms with Crippen molar-refractivity contribution in [2.24, 2.45) is 0 Å². The SMILES string of the molecule is Cc1cccc(C(C)CCc2ccccc2)c1. The molecule has 0 aliphatic rings. The Morgan fingerprint density at radius 3 is 2.41 bits per heavy atom. The summed E-state index contributed by atoms with van der Waals surface area (Å²) >= 11 is 0. The van der Waals surface area contributed by atoms with Crippen LogP contribution in [0.25, 0.3) is 0 Å². The van der Waals surface area contributed by atoms with Crippen LogP contribution in [0.1, 0.15) is 36.0 Å². The highest BCUT2D eigenvalue weighted by Gasteiger charge is 2.05. The van der Waals surface area contributed by atoms with E-state index in [-0.39, 0.29) is 0 Å². The summed E-state index contributed by atoms with van der Waals surface area (Å²) in [6, 6.07) is 19.6. The molecule has 88 valence electrons. The molecule has 0 fully saturated rings. The molecule has 0 saturated heterocycles. The molecule has 0 saturated carbocycles. The highest BCUT2D eigenvalue weighted by Crippen LogP contribution is 2.21. The Kier molecular flexibility index (Phi) is 3.98. The third-order valence-electron chi connectivity index (χ3n) is 3.32. The molecule has 0 spiro atoms. The molecule has 0 aliphatic heterocycles. The maximum Gasteiger partial charge on any atom is -0.0187 e. The lowest BCUT2D eigenvalue weighted by atomic mass is 9.93. The molecule has 0 nitrogen and oxygen atoms in total. The molecule has 0 aromatic heterocycles. The zero-order valence-electron chi connectivity index (χ0n) is 10.7. The summed E-state index contributed by atoms with van der Waals surface area (Å²) in [5.74, 6) is 0.634. The number of hydrogen-bond acceptors (Lipinski definition) is 0. The van der Waals surface area contributed by atoms with Gasteiger partial charge in [0.1, 0.15) is 0 Å². The first-order chi connectivity index (χ1) is 8.25. The number of hydrogen-bond donors (Lipinski definition) is 0. The fourth-order valence-corrected chi connectivity index (χ4v) is 2.17. The van der Waals surface area contributed by atoms with Crippen molar-refractivity contribution in [2.45, 2.75) is 32.6 Å². The second-order valence-electron chi connectivity index (χ2n) is 4.84. The van der Waals surface area contributed by atoms with Crippen LogP contribution in [-0.4, -0.2) is 0 Å². The molecule has 17 heavy (non-hydrogen) atoms. The lowest BCUT2D eigenvalue weighted by molar-refractivity contribution is 0.679. The lowest BCUT2D eigenvalue weighted by Crippen LogP contribution is -1.96. The van der Waals surface area contributed by atoms with Crippen molar-refractivity contribution in [3.05, 3.63) is 71.3 Å². The van der Waals surface area contributed by atoms with Crippen LogP contribution in [0.3, 0.4) is 0 Å². The molecule has 0 aliphatic carbocycles. The van der Waals surface area contributed by atoms with E-state index in [9.17, 15) is 0 Å². The molecule has 0 N–H and O–H groups in total. The summed E-state index contributed by atoms with van der Waals surface area (Å²) in [5, 5.41) is 0. The predicted molar refractivity (Wildman–Crippen MR) is 74.4 cm³/mol. The average molecular weight is 224 g/mol. The van der Waals surface area contributed by atoms with Crippen LogP contribution in [-0.2, 0) is 6.42 Å². The fraction of sp³-hybridized carbons (Fsp3) is 0.294. The first-order valence-electron chi connectivity index (χ1n) is 6.36. The predicted octanol–water partition coefficient (Wildman–Crippen LogP) is 4.73. The van der Waals surface area contributed by atoms with Crippen molar-refractivity contribution in [1.29, 1.82) is 0 Å². The van der Waals surface area contributed by atoms with E-state index >= 15 is 0 Å². The normalized spacial score (nSPS) is 12.4. The molecule has 0 bridgehead atoms. The van der Waals surface area contributed by atoms with Crippen LogP contribution < -0.4 is 0 Å². The Balaban J connectivity index is 1.96. The second kappa shape index (κ2) is 5.67. The molecular formula is C17H20. The van der Waals surface area contributed by atoms with Crippen LogP contribution in [0.5, 0.6) is 0 Å². The quantitative estimate of drug-likeness (QED) is 0.704. The van der Waals surface area contributed by atoms with E-state index in [4.69, 9.17) is 0 Å². The van der Waals surface area contributed by atoms with Gasteiger partial charge in [0, 0.05) is 0 Å². The topological polar surface area (TPSA) is 0 Å². The Morgan fingerprint density at radius 2 is 1.71 bits per heavy atom. The monoisotopic (exact) mass is 224 g/mol. The fourth-order valence-electron chi connectivity index (χ4n) is 2.17. The van der Waals surface area contributed by atoms with Gasteiger partial charge < -0.3 is 0 Å². The molecule has 0 radical (unpaired) electrons. The highest BCUT2D eigenvalue weighted by molar-refractivity contribution is 5.25. The van der Waals surface area contributed by atoms with Gasteiger partial charge in [-0.1, -0.05) is 67.1 Å². The van der Waals surface area contributed by atoms with E-state index in [1.165, 1.54) is 23.1 Å². The van der Waals surface area contributed by atoms with Gasteiger partial charge in [0.15, 0.2) is 0 Å². The van der Waals surface area contributed by atoms with Crippen LogP contribution in [0, 0.1) is 6.92 Å². The van der Waals surface area contributed by atoms with E-state index in [1.807, 2.05) is 0 Å². The van der Waals surface area contributed by atoms with Crippen molar-refractivity contribution in [1.82, 2.24) is 0 Å². The standard InChI is InChI=1S/C17H20/c1-14-7-6-10-17(13-14)15(2)11-12-16-8-4-3-5-9-16/h3-10,13,15H,11-12H2,1-2H3. The third-order valence-corrected chi connectivity index (χ3v) is 3.32. The van der Waals surface area contributed by atoms with Gasteiger partial charge in [-0.15, -0.1) is 0 Å². The van der Waals surface area contributed by atoms with Crippen molar-refractivity contribution < 1.29 is 0 Å². The summed E-state index contributed by atoms with van der Waals surface area (Å²) in [6.45, 7) is 4.48. The van der Waals surface area contributed by atoms with Crippen LogP contribution >= 0.6 is 0 Å². The van der Waals surface area contributed by atoms with Crippen molar-refractivity contribution in [3.63, 3.8) is 0 Å². The summed E-state index contributed by atoms with van der Waals surface area (Å²) in [6.07, 6.45) is 2.38. The van der Waals surface area contributed by atoms with Gasteiger partial charge in [-0.05, 0) is 36.8 Å². The van der Waals surface area contributed by atoms with Crippen molar-refractivity contribution in [2.75, 3.05) is 0 Å². The molecule has 1 atom stereocenters. The molecule has 0 heterocycles. The Labute approximate surface area is 104 Å². The highest BCUT2D eigenvalue weighted by atomic mass is 14.1. The summed E-state index contributed by atoms with van der Waals surface area (Å²) < 4.78 is 0. The molecule has 2 rings (SSSR count). The van der Waals surface area contributed by atoms with Crippen LogP contribution in [0.15, 0.2) is 54.6 Å². The summed E-state index contributed by atoms with van der Waals surface area (Å²) in [7, 11) is 0. The average Bonchev–Trinajstić information content (AvgIpc) is 2.37. The van der Waals surface area contributed by atoms with Gasteiger partial charge in [0.2, 0.25) is 0 Å². The van der Waals surface area contributed by atoms with Crippen LogP contribution in [0.2, 0.25) is 0 Å². The first kappa shape index (κ1) is 11.9. The van der Waals surface area contributed by atoms with E-state index < -0.39 is 0 Å². The largest absolute Gasteiger partial charge is 0.0622 e. The minimum atomic E-state index is 0.634. The Hall–Kier alpha value is -1.56. The van der Waals surface area contributed by atoms with E-state index in [2.05, 4.69) is 68.4 Å². The Bertz CT molecular complexity index is 456. The number of aryl methyl sites for hydroxylation is 2. The second-order valence-corrected chi connectivity index (χ2v) is 4.84. The Morgan fingerprint density at radius 1 is 0.941 bits per heavy atom. The first-order valence-corrected chi connectivity index (χ1v) is 6.36. The minimum Gasteiger partial charge on any atom is -0.0622 e. The zero-order chi connectivity index (χ0) is 12.1. The lowest BCUT2D eigenvalue weighted by Gasteiger charge is -2.12. The zero-order valence-corrected chi connectivity index (χ0v) is 10.7. The van der Waals surface area contributed by atoms with E-state index in [0.29, 0.717) is 5.92 Å². The van der Waals surface area contributed by atoms with Crippen LogP contribution in [0.4, 0.5) is 0 Å². The van der Waals surface area contributed by atoms with Gasteiger partial charge in [-0.3, -0.25) is 0 Å². The summed E-state index contributed by atoms with van der Waals surface area (Å²) in [5.41, 5.74) is 4.25. The minimum absolute atomic E-state index is 0.634. The maximum absolute atomic E-state index is 2.32. The molecule has 0 heteroatoms. The van der Waals surface area contributed by atoms with Crippen molar-refractivity contribution in [3.8, 4) is 0 Å². The molecule has 2 aromatic carbocycles. The smallest absolute Gasteiger partial charge is 0.0187 e. The molecule has 1 unspecified atom stereocenters. The van der Waals surface area contributed by atoms with Gasteiger partial charge in [0.05, 0.1) is 0 Å². The maximum atomic E-state index is 2.32. The van der Waals surface area contributed by atoms with Gasteiger partial charge in [-0.25, -0.2) is 0 Å². The van der Waals surface area contributed by atoms with Gasteiger partial charge >= 0.3 is 0 Å². The van der Waals surface area contributed by atoms with E-state index in [1.54, 1.807) is 0 Å². The number of benzene rings is 2. The molecule has 2 aromatic rings. The van der Waals surface area contributed by atoms with Crippen molar-refractivity contribution >= 4 is 0 Å². The van der Waals surface area contributed by atoms with Gasteiger partial charge in [0.25, 0.3) is 0 Å². The third kappa shape index (κ3) is 3.45. The van der Waals surface area contributed by atoms with Gasteiger partial charge in [-0.2, -0.15) is 0 Å². The number of rotatable bonds is 4. The summed E-state index contributed by atoms with van der Waals surface area (Å²) in [4.78, 5) is 0. The molecule has 0 amide bonds. The van der Waals surface area contributed by atoms with E-state index in [0.717, 1.165) is 6.42 Å².